The fourth-order valence-corrected chi connectivity index (χ4v) is 4.06. The van der Waals surface area contributed by atoms with E-state index in [0.29, 0.717) is 22.5 Å². The second kappa shape index (κ2) is 8.93. The fourth-order valence-electron chi connectivity index (χ4n) is 3.78. The molecule has 0 aliphatic carbocycles. The first-order valence-corrected chi connectivity index (χ1v) is 11.1. The zero-order chi connectivity index (χ0) is 22.8. The molecule has 0 aliphatic heterocycles. The van der Waals surface area contributed by atoms with Crippen molar-refractivity contribution >= 4 is 11.6 Å². The molecule has 0 amide bonds. The van der Waals surface area contributed by atoms with Crippen LogP contribution in [-0.2, 0) is 0 Å². The Kier molecular flexibility index (Phi) is 5.68. The second-order valence-electron chi connectivity index (χ2n) is 7.82. The van der Waals surface area contributed by atoms with Gasteiger partial charge in [-0.2, -0.15) is 0 Å². The van der Waals surface area contributed by atoms with Gasteiger partial charge in [-0.05, 0) is 26.0 Å². The largest absolute Gasteiger partial charge is 0.258 e. The van der Waals surface area contributed by atoms with Crippen LogP contribution >= 0.6 is 11.6 Å². The summed E-state index contributed by atoms with van der Waals surface area (Å²) in [6.07, 6.45) is 0. The number of benzene rings is 3. The highest BCUT2D eigenvalue weighted by Crippen LogP contribution is 2.33. The summed E-state index contributed by atoms with van der Waals surface area (Å²) in [5, 5.41) is 0.629. The Morgan fingerprint density at radius 3 is 1.55 bits per heavy atom. The third-order valence-electron chi connectivity index (χ3n) is 5.44. The molecule has 5 rings (SSSR count). The number of aryl methyl sites for hydroxylation is 2. The van der Waals surface area contributed by atoms with Gasteiger partial charge in [0.05, 0.1) is 0 Å². The van der Waals surface area contributed by atoms with Crippen LogP contribution in [-0.4, -0.2) is 19.9 Å². The molecule has 5 heteroatoms. The zero-order valence-electron chi connectivity index (χ0n) is 18.3. The van der Waals surface area contributed by atoms with Gasteiger partial charge in [-0.1, -0.05) is 90.5 Å². The molecule has 0 saturated heterocycles. The van der Waals surface area contributed by atoms with E-state index in [2.05, 4.69) is 11.1 Å². The van der Waals surface area contributed by atoms with Crippen molar-refractivity contribution in [2.24, 2.45) is 0 Å². The lowest BCUT2D eigenvalue weighted by atomic mass is 10.0. The van der Waals surface area contributed by atoms with Gasteiger partial charge >= 0.3 is 0 Å². The van der Waals surface area contributed by atoms with Gasteiger partial charge in [0.1, 0.15) is 0 Å². The first-order valence-electron chi connectivity index (χ1n) is 10.7. The summed E-state index contributed by atoms with van der Waals surface area (Å²) >= 11 is 6.74. The van der Waals surface area contributed by atoms with Crippen LogP contribution in [0.1, 0.15) is 11.4 Å². The quantitative estimate of drug-likeness (QED) is 0.291. The number of nitrogens with zero attached hydrogens (tertiary/aromatic N) is 4. The summed E-state index contributed by atoms with van der Waals surface area (Å²) in [6.45, 7) is 3.98. The maximum Gasteiger partial charge on any atom is 0.164 e. The van der Waals surface area contributed by atoms with E-state index < -0.39 is 0 Å². The van der Waals surface area contributed by atoms with Crippen LogP contribution in [0.5, 0.6) is 0 Å². The minimum Gasteiger partial charge on any atom is -0.258 e. The molecule has 5 aromatic rings. The highest BCUT2D eigenvalue weighted by Gasteiger charge is 2.14. The number of pyridine rings is 1. The molecule has 0 aliphatic rings. The standard InChI is InChI=1S/C28H21ClN4/c1-18-13-15-23(19(2)30-18)24-16-14-22(17-25(24)29)28-32-26(20-9-5-3-6-10-20)31-27(33-28)21-11-7-4-8-12-21/h3-17H,1-2H3. The van der Waals surface area contributed by atoms with Crippen molar-refractivity contribution in [1.82, 2.24) is 19.9 Å². The predicted octanol–water partition coefficient (Wildman–Crippen LogP) is 7.20. The maximum absolute atomic E-state index is 6.74. The Hall–Kier alpha value is -3.89. The normalized spacial score (nSPS) is 10.9. The molecule has 0 atom stereocenters. The highest BCUT2D eigenvalue weighted by atomic mass is 35.5. The van der Waals surface area contributed by atoms with E-state index in [0.717, 1.165) is 39.2 Å². The minimum atomic E-state index is 0.579. The summed E-state index contributed by atoms with van der Waals surface area (Å²) in [5.74, 6) is 1.83. The Labute approximate surface area is 198 Å². The van der Waals surface area contributed by atoms with E-state index in [1.54, 1.807) is 0 Å². The summed E-state index contributed by atoms with van der Waals surface area (Å²) in [5.41, 5.74) is 6.58. The van der Waals surface area contributed by atoms with Crippen molar-refractivity contribution in [3.63, 3.8) is 0 Å². The van der Waals surface area contributed by atoms with E-state index in [1.807, 2.05) is 98.8 Å². The number of halogens is 1. The molecule has 33 heavy (non-hydrogen) atoms. The van der Waals surface area contributed by atoms with Crippen LogP contribution in [0.2, 0.25) is 5.02 Å². The van der Waals surface area contributed by atoms with Crippen LogP contribution < -0.4 is 0 Å². The van der Waals surface area contributed by atoms with Crippen molar-refractivity contribution < 1.29 is 0 Å². The number of aromatic nitrogens is 4. The van der Waals surface area contributed by atoms with Crippen molar-refractivity contribution in [2.45, 2.75) is 13.8 Å². The molecule has 2 heterocycles. The fraction of sp³-hybridized carbons (Fsp3) is 0.0714. The van der Waals surface area contributed by atoms with Gasteiger partial charge in [0, 0.05) is 44.2 Å². The topological polar surface area (TPSA) is 51.6 Å². The van der Waals surface area contributed by atoms with Crippen molar-refractivity contribution in [3.05, 3.63) is 107 Å². The monoisotopic (exact) mass is 448 g/mol. The third kappa shape index (κ3) is 4.38. The summed E-state index contributed by atoms with van der Waals surface area (Å²) in [4.78, 5) is 18.9. The summed E-state index contributed by atoms with van der Waals surface area (Å²) in [6, 6.07) is 29.8. The van der Waals surface area contributed by atoms with Gasteiger partial charge in [0.25, 0.3) is 0 Å². The van der Waals surface area contributed by atoms with Crippen molar-refractivity contribution in [1.29, 1.82) is 0 Å². The van der Waals surface area contributed by atoms with Crippen molar-refractivity contribution in [2.75, 3.05) is 0 Å². The Morgan fingerprint density at radius 2 is 1.03 bits per heavy atom. The molecule has 0 bridgehead atoms. The van der Waals surface area contributed by atoms with Gasteiger partial charge in [0.15, 0.2) is 17.5 Å². The van der Waals surface area contributed by atoms with Crippen LogP contribution in [0.4, 0.5) is 0 Å². The van der Waals surface area contributed by atoms with Crippen LogP contribution in [0.25, 0.3) is 45.3 Å². The average molecular weight is 449 g/mol. The van der Waals surface area contributed by atoms with Gasteiger partial charge in [-0.3, -0.25) is 4.98 Å². The first-order chi connectivity index (χ1) is 16.1. The van der Waals surface area contributed by atoms with E-state index in [1.165, 1.54) is 0 Å². The number of hydrogen-bond donors (Lipinski definition) is 0. The lowest BCUT2D eigenvalue weighted by Gasteiger charge is -2.11. The molecule has 0 saturated carbocycles. The molecule has 3 aromatic carbocycles. The average Bonchev–Trinajstić information content (AvgIpc) is 2.85. The zero-order valence-corrected chi connectivity index (χ0v) is 19.1. The molecule has 2 aromatic heterocycles. The van der Waals surface area contributed by atoms with E-state index in [4.69, 9.17) is 26.6 Å². The molecule has 0 N–H and O–H groups in total. The SMILES string of the molecule is Cc1ccc(-c2ccc(-c3nc(-c4ccccc4)nc(-c4ccccc4)n3)cc2Cl)c(C)n1. The number of rotatable bonds is 4. The molecular formula is C28H21ClN4. The molecule has 4 nitrogen and oxygen atoms in total. The Balaban J connectivity index is 1.63. The first kappa shape index (κ1) is 21.0. The molecule has 160 valence electrons. The molecule has 0 fully saturated rings. The number of hydrogen-bond acceptors (Lipinski definition) is 4. The lowest BCUT2D eigenvalue weighted by Crippen LogP contribution is -2.00. The Morgan fingerprint density at radius 1 is 0.515 bits per heavy atom. The molecule has 0 radical (unpaired) electrons. The highest BCUT2D eigenvalue weighted by molar-refractivity contribution is 6.33. The minimum absolute atomic E-state index is 0.579. The van der Waals surface area contributed by atoms with Gasteiger partial charge in [-0.15, -0.1) is 0 Å². The van der Waals surface area contributed by atoms with E-state index in [-0.39, 0.29) is 0 Å². The Bertz CT molecular complexity index is 1380. The molecular weight excluding hydrogens is 428 g/mol. The van der Waals surface area contributed by atoms with E-state index >= 15 is 0 Å². The summed E-state index contributed by atoms with van der Waals surface area (Å²) in [7, 11) is 0. The second-order valence-corrected chi connectivity index (χ2v) is 8.23. The van der Waals surface area contributed by atoms with E-state index in [9.17, 15) is 0 Å². The predicted molar refractivity (Wildman–Crippen MR) is 134 cm³/mol. The lowest BCUT2D eigenvalue weighted by molar-refractivity contribution is 1.07. The van der Waals surface area contributed by atoms with Crippen LogP contribution in [0, 0.1) is 13.8 Å². The van der Waals surface area contributed by atoms with Gasteiger partial charge in [0.2, 0.25) is 0 Å². The van der Waals surface area contributed by atoms with Gasteiger partial charge in [-0.25, -0.2) is 15.0 Å². The molecule has 0 unspecified atom stereocenters. The third-order valence-corrected chi connectivity index (χ3v) is 5.75. The van der Waals surface area contributed by atoms with Gasteiger partial charge < -0.3 is 0 Å². The maximum atomic E-state index is 6.74. The summed E-state index contributed by atoms with van der Waals surface area (Å²) < 4.78 is 0. The van der Waals surface area contributed by atoms with Crippen LogP contribution in [0.15, 0.2) is 91.0 Å². The smallest absolute Gasteiger partial charge is 0.164 e. The van der Waals surface area contributed by atoms with Crippen LogP contribution in [0.3, 0.4) is 0 Å². The van der Waals surface area contributed by atoms with Crippen molar-refractivity contribution in [3.8, 4) is 45.3 Å². The molecule has 0 spiro atoms.